The van der Waals surface area contributed by atoms with Crippen molar-refractivity contribution in [2.45, 2.75) is 4.21 Å². The summed E-state index contributed by atoms with van der Waals surface area (Å²) < 4.78 is 0.438. The van der Waals surface area contributed by atoms with Crippen LogP contribution in [-0.4, -0.2) is 10.9 Å². The molecule has 122 valence electrons. The Hall–Kier alpha value is -2.88. The molecule has 0 aliphatic heterocycles. The highest BCUT2D eigenvalue weighted by atomic mass is 32.2. The molecule has 0 radical (unpaired) electrons. The topological polar surface area (TPSA) is 84.0 Å². The molecule has 6 heteroatoms. The summed E-state index contributed by atoms with van der Waals surface area (Å²) in [6, 6.07) is 19.5. The molecule has 0 amide bonds. The number of nitrogens with two attached hydrogens (primary N) is 1. The monoisotopic (exact) mass is 364 g/mol. The average molecular weight is 364 g/mol. The van der Waals surface area contributed by atoms with Crippen molar-refractivity contribution in [3.05, 3.63) is 82.2 Å². The Morgan fingerprint density at radius 1 is 0.960 bits per heavy atom. The third kappa shape index (κ3) is 3.48. The van der Waals surface area contributed by atoms with Gasteiger partial charge in [0, 0.05) is 11.1 Å². The van der Waals surface area contributed by atoms with Crippen molar-refractivity contribution in [3.63, 3.8) is 0 Å². The lowest BCUT2D eigenvalue weighted by Gasteiger charge is -1.98. The van der Waals surface area contributed by atoms with Gasteiger partial charge in [0.15, 0.2) is 0 Å². The van der Waals surface area contributed by atoms with Crippen LogP contribution in [0, 0.1) is 11.3 Å². The van der Waals surface area contributed by atoms with Crippen LogP contribution in [0.1, 0.15) is 31.2 Å². The van der Waals surface area contributed by atoms with Crippen LogP contribution in [0.2, 0.25) is 0 Å². The number of rotatable bonds is 4. The average Bonchev–Trinajstić information content (AvgIpc) is 2.97. The van der Waals surface area contributed by atoms with Crippen LogP contribution in [0.3, 0.4) is 0 Å². The third-order valence-electron chi connectivity index (χ3n) is 3.46. The third-order valence-corrected chi connectivity index (χ3v) is 5.77. The molecule has 0 aliphatic rings. The van der Waals surface area contributed by atoms with E-state index in [0.717, 1.165) is 23.1 Å². The molecular formula is C19H12N2O2S2. The maximum atomic E-state index is 12.6. The molecule has 25 heavy (non-hydrogen) atoms. The maximum absolute atomic E-state index is 12.6. The van der Waals surface area contributed by atoms with Crippen LogP contribution >= 0.6 is 23.1 Å². The second kappa shape index (κ2) is 7.34. The molecular weight excluding hydrogens is 352 g/mol. The number of carbonyl (C=O) groups excluding carboxylic acids is 2. The fraction of sp³-hybridized carbons (Fsp3) is 0. The number of thiophene rings is 1. The van der Waals surface area contributed by atoms with Gasteiger partial charge in [-0.1, -0.05) is 60.7 Å². The first-order valence-corrected chi connectivity index (χ1v) is 8.94. The van der Waals surface area contributed by atoms with Gasteiger partial charge in [-0.05, 0) is 11.8 Å². The molecule has 4 nitrogen and oxygen atoms in total. The Morgan fingerprint density at radius 2 is 1.52 bits per heavy atom. The number of ketones is 1. The van der Waals surface area contributed by atoms with E-state index in [4.69, 9.17) is 5.73 Å². The number of nitrogen functional groups attached to an aromatic ring is 1. The van der Waals surface area contributed by atoms with Gasteiger partial charge in [-0.3, -0.25) is 9.59 Å². The molecule has 1 aromatic heterocycles. The highest BCUT2D eigenvalue weighted by Crippen LogP contribution is 2.40. The van der Waals surface area contributed by atoms with Gasteiger partial charge in [0.25, 0.3) is 0 Å². The van der Waals surface area contributed by atoms with Gasteiger partial charge in [0.05, 0.1) is 9.90 Å². The fourth-order valence-electron chi connectivity index (χ4n) is 2.21. The quantitative estimate of drug-likeness (QED) is 0.549. The van der Waals surface area contributed by atoms with Crippen LogP contribution < -0.4 is 5.73 Å². The van der Waals surface area contributed by atoms with Gasteiger partial charge >= 0.3 is 0 Å². The second-order valence-corrected chi connectivity index (χ2v) is 7.33. The zero-order valence-corrected chi connectivity index (χ0v) is 14.6. The lowest BCUT2D eigenvalue weighted by atomic mass is 10.1. The first-order chi connectivity index (χ1) is 12.1. The van der Waals surface area contributed by atoms with E-state index in [1.165, 1.54) is 0 Å². The van der Waals surface area contributed by atoms with Gasteiger partial charge < -0.3 is 5.73 Å². The van der Waals surface area contributed by atoms with Gasteiger partial charge in [-0.15, -0.1) is 11.3 Å². The van der Waals surface area contributed by atoms with Crippen molar-refractivity contribution in [2.75, 3.05) is 5.73 Å². The van der Waals surface area contributed by atoms with Gasteiger partial charge in [0.2, 0.25) is 10.9 Å². The van der Waals surface area contributed by atoms with E-state index in [1.54, 1.807) is 48.5 Å². The summed E-state index contributed by atoms with van der Waals surface area (Å²) in [5.74, 6) is -0.251. The van der Waals surface area contributed by atoms with E-state index in [1.807, 2.05) is 18.2 Å². The van der Waals surface area contributed by atoms with E-state index in [0.29, 0.717) is 15.3 Å². The number of nitrogens with zero attached hydrogens (tertiary/aromatic N) is 1. The smallest absolute Gasteiger partial charge is 0.224 e. The Kier molecular flexibility index (Phi) is 4.98. The van der Waals surface area contributed by atoms with Crippen molar-refractivity contribution in [2.24, 2.45) is 0 Å². The van der Waals surface area contributed by atoms with E-state index in [-0.39, 0.29) is 27.0 Å². The summed E-state index contributed by atoms with van der Waals surface area (Å²) in [5, 5.41) is 9.19. The number of benzene rings is 2. The van der Waals surface area contributed by atoms with Crippen molar-refractivity contribution < 1.29 is 9.59 Å². The predicted molar refractivity (Wildman–Crippen MR) is 100.0 cm³/mol. The minimum absolute atomic E-state index is 0.129. The molecule has 2 aromatic carbocycles. The molecule has 0 spiro atoms. The molecule has 0 bridgehead atoms. The summed E-state index contributed by atoms with van der Waals surface area (Å²) in [4.78, 5) is 25.3. The molecule has 0 saturated heterocycles. The first-order valence-electron chi connectivity index (χ1n) is 7.31. The summed E-state index contributed by atoms with van der Waals surface area (Å²) >= 11 is 2.00. The number of hydrogen-bond acceptors (Lipinski definition) is 6. The molecule has 0 aliphatic carbocycles. The summed E-state index contributed by atoms with van der Waals surface area (Å²) in [6.07, 6.45) is 0. The summed E-state index contributed by atoms with van der Waals surface area (Å²) in [6.45, 7) is 0. The fourth-order valence-corrected chi connectivity index (χ4v) is 4.40. The molecule has 2 N–H and O–H groups in total. The van der Waals surface area contributed by atoms with Crippen molar-refractivity contribution in [1.29, 1.82) is 5.26 Å². The number of hydrogen-bond donors (Lipinski definition) is 1. The number of thioether (sulfide) groups is 1. The maximum Gasteiger partial charge on any atom is 0.224 e. The van der Waals surface area contributed by atoms with Crippen LogP contribution in [0.25, 0.3) is 0 Å². The van der Waals surface area contributed by atoms with Gasteiger partial charge in [0.1, 0.15) is 16.5 Å². The molecule has 0 fully saturated rings. The molecule has 0 saturated carbocycles. The van der Waals surface area contributed by atoms with E-state index < -0.39 is 0 Å². The van der Waals surface area contributed by atoms with Crippen LogP contribution in [0.4, 0.5) is 5.69 Å². The van der Waals surface area contributed by atoms with Gasteiger partial charge in [-0.2, -0.15) is 5.26 Å². The lowest BCUT2D eigenvalue weighted by Crippen LogP contribution is -2.02. The largest absolute Gasteiger partial charge is 0.396 e. The molecule has 3 rings (SSSR count). The highest BCUT2D eigenvalue weighted by Gasteiger charge is 2.24. The zero-order chi connectivity index (χ0) is 17.8. The Bertz CT molecular complexity index is 974. The second-order valence-electron chi connectivity index (χ2n) is 5.07. The summed E-state index contributed by atoms with van der Waals surface area (Å²) in [5.41, 5.74) is 7.34. The first kappa shape index (κ1) is 17.0. The molecule has 3 aromatic rings. The van der Waals surface area contributed by atoms with Crippen molar-refractivity contribution in [3.8, 4) is 6.07 Å². The Balaban J connectivity index is 1.95. The SMILES string of the molecule is N#Cc1c(SC(=O)c2ccccc2)sc(C(=O)c2ccccc2)c1N. The van der Waals surface area contributed by atoms with E-state index in [2.05, 4.69) is 0 Å². The number of carbonyl (C=O) groups is 2. The van der Waals surface area contributed by atoms with E-state index in [9.17, 15) is 14.9 Å². The molecule has 0 unspecified atom stereocenters. The minimum atomic E-state index is -0.251. The predicted octanol–water partition coefficient (Wildman–Crippen LogP) is 4.37. The standard InChI is InChI=1S/C19H12N2O2S2/c20-11-14-15(21)17(16(22)12-7-3-1-4-8-12)24-19(14)25-18(23)13-9-5-2-6-10-13/h1-10H,21H2. The Morgan fingerprint density at radius 3 is 2.08 bits per heavy atom. The van der Waals surface area contributed by atoms with Crippen LogP contribution in [-0.2, 0) is 0 Å². The number of anilines is 1. The minimum Gasteiger partial charge on any atom is -0.396 e. The Labute approximate surface area is 152 Å². The lowest BCUT2D eigenvalue weighted by molar-refractivity contribution is 0.104. The molecule has 0 atom stereocenters. The van der Waals surface area contributed by atoms with E-state index >= 15 is 0 Å². The van der Waals surface area contributed by atoms with Crippen LogP contribution in [0.15, 0.2) is 64.9 Å². The highest BCUT2D eigenvalue weighted by molar-refractivity contribution is 8.15. The summed E-state index contributed by atoms with van der Waals surface area (Å²) in [7, 11) is 0. The van der Waals surface area contributed by atoms with Crippen molar-refractivity contribution >= 4 is 39.7 Å². The van der Waals surface area contributed by atoms with Gasteiger partial charge in [-0.25, -0.2) is 0 Å². The normalized spacial score (nSPS) is 10.2. The molecule has 1 heterocycles. The van der Waals surface area contributed by atoms with Crippen LogP contribution in [0.5, 0.6) is 0 Å². The zero-order valence-electron chi connectivity index (χ0n) is 12.9. The number of nitriles is 1. The van der Waals surface area contributed by atoms with Crippen molar-refractivity contribution in [1.82, 2.24) is 0 Å².